The van der Waals surface area contributed by atoms with Gasteiger partial charge in [-0.25, -0.2) is 0 Å². The van der Waals surface area contributed by atoms with Gasteiger partial charge >= 0.3 is 0 Å². The molecule has 2 saturated heterocycles. The fraction of sp³-hybridized carbons (Fsp3) is 0.500. The molecule has 0 radical (unpaired) electrons. The van der Waals surface area contributed by atoms with Crippen LogP contribution in [0.15, 0.2) is 42.5 Å². The molecule has 4 N–H and O–H groups in total. The smallest absolute Gasteiger partial charge is 0.153 e. The number of aromatic nitrogens is 2. The molecule has 2 aliphatic rings. The van der Waals surface area contributed by atoms with Crippen LogP contribution < -0.4 is 21.3 Å². The summed E-state index contributed by atoms with van der Waals surface area (Å²) >= 11 is 0. The molecule has 3 aromatic rings. The van der Waals surface area contributed by atoms with Crippen molar-refractivity contribution < 1.29 is 4.74 Å². The minimum Gasteiger partial charge on any atom is -0.383 e. The van der Waals surface area contributed by atoms with E-state index < -0.39 is 0 Å². The third-order valence-electron chi connectivity index (χ3n) is 7.09. The second-order valence-corrected chi connectivity index (χ2v) is 9.39. The van der Waals surface area contributed by atoms with Gasteiger partial charge < -0.3 is 26.0 Å². The van der Waals surface area contributed by atoms with Crippen LogP contribution in [0.2, 0.25) is 0 Å². The molecule has 0 bridgehead atoms. The van der Waals surface area contributed by atoms with Gasteiger partial charge in [-0.15, -0.1) is 0 Å². The van der Waals surface area contributed by atoms with Gasteiger partial charge in [0.15, 0.2) is 5.82 Å². The van der Waals surface area contributed by atoms with E-state index >= 15 is 0 Å². The number of nitrogens with one attached hydrogen (secondary N) is 2. The number of hydrogen-bond acceptors (Lipinski definition) is 7. The van der Waals surface area contributed by atoms with Gasteiger partial charge in [0.25, 0.3) is 0 Å². The molecule has 182 valence electrons. The Labute approximate surface area is 202 Å². The molecule has 3 heterocycles. The molecular formula is C26H37N7O. The Morgan fingerprint density at radius 2 is 1.85 bits per heavy atom. The van der Waals surface area contributed by atoms with Crippen LogP contribution in [0.25, 0.3) is 10.9 Å². The fourth-order valence-corrected chi connectivity index (χ4v) is 5.29. The maximum atomic E-state index is 6.23. The molecule has 5 rings (SSSR count). The molecule has 2 fully saturated rings. The number of rotatable bonds is 9. The van der Waals surface area contributed by atoms with Gasteiger partial charge in [-0.2, -0.15) is 5.10 Å². The summed E-state index contributed by atoms with van der Waals surface area (Å²) < 4.78 is 7.45. The zero-order chi connectivity index (χ0) is 23.3. The number of piperazine rings is 1. The Morgan fingerprint density at radius 1 is 1.06 bits per heavy atom. The number of nitrogen functional groups attached to an aromatic ring is 1. The summed E-state index contributed by atoms with van der Waals surface area (Å²) in [6, 6.07) is 15.6. The first-order valence-electron chi connectivity index (χ1n) is 12.5. The van der Waals surface area contributed by atoms with Crippen molar-refractivity contribution in [3.63, 3.8) is 0 Å². The van der Waals surface area contributed by atoms with E-state index in [0.717, 1.165) is 81.1 Å². The van der Waals surface area contributed by atoms with Gasteiger partial charge in [0.05, 0.1) is 12.1 Å². The minimum absolute atomic E-state index is 0.554. The topological polar surface area (TPSA) is 83.6 Å². The number of ether oxygens (including phenoxy) is 1. The summed E-state index contributed by atoms with van der Waals surface area (Å²) in [5, 5.41) is 12.6. The zero-order valence-corrected chi connectivity index (χ0v) is 20.2. The van der Waals surface area contributed by atoms with Crippen LogP contribution in [-0.4, -0.2) is 73.7 Å². The minimum atomic E-state index is 0.554. The number of nitrogens with zero attached hydrogens (tertiary/aromatic N) is 4. The van der Waals surface area contributed by atoms with Crippen molar-refractivity contribution >= 4 is 33.8 Å². The molecule has 0 amide bonds. The van der Waals surface area contributed by atoms with Crippen LogP contribution in [0, 0.1) is 0 Å². The van der Waals surface area contributed by atoms with E-state index in [1.54, 1.807) is 7.11 Å². The molecule has 8 heteroatoms. The first-order valence-corrected chi connectivity index (χ1v) is 12.5. The molecule has 2 aromatic carbocycles. The van der Waals surface area contributed by atoms with E-state index in [4.69, 9.17) is 10.5 Å². The number of benzene rings is 2. The van der Waals surface area contributed by atoms with Crippen LogP contribution in [-0.2, 0) is 11.3 Å². The van der Waals surface area contributed by atoms with Crippen molar-refractivity contribution in [2.24, 2.45) is 0 Å². The first-order chi connectivity index (χ1) is 16.7. The average molecular weight is 464 g/mol. The summed E-state index contributed by atoms with van der Waals surface area (Å²) in [7, 11) is 1.79. The Bertz CT molecular complexity index is 1070. The molecular weight excluding hydrogens is 426 g/mol. The Balaban J connectivity index is 1.24. The highest BCUT2D eigenvalue weighted by Gasteiger charge is 2.23. The van der Waals surface area contributed by atoms with Crippen molar-refractivity contribution in [3.05, 3.63) is 42.5 Å². The third-order valence-corrected chi connectivity index (χ3v) is 7.09. The second kappa shape index (κ2) is 10.6. The highest BCUT2D eigenvalue weighted by Crippen LogP contribution is 2.27. The van der Waals surface area contributed by atoms with Gasteiger partial charge in [0.2, 0.25) is 0 Å². The molecule has 2 aliphatic heterocycles. The van der Waals surface area contributed by atoms with Crippen LogP contribution in [0.4, 0.5) is 22.9 Å². The molecule has 0 aliphatic carbocycles. The number of aryl methyl sites for hydroxylation is 1. The largest absolute Gasteiger partial charge is 0.383 e. The summed E-state index contributed by atoms with van der Waals surface area (Å²) in [4.78, 5) is 4.98. The SMILES string of the molecule is COCC1CCCN1CCCn1nc(N)c2ccc(Nc3ccc(N4CCNCC4)cc3)cc21. The lowest BCUT2D eigenvalue weighted by Crippen LogP contribution is -2.43. The Hall–Kier alpha value is -2.81. The number of methoxy groups -OCH3 is 1. The predicted molar refractivity (Wildman–Crippen MR) is 140 cm³/mol. The quantitative estimate of drug-likeness (QED) is 0.449. The third kappa shape index (κ3) is 5.14. The van der Waals surface area contributed by atoms with Crippen LogP contribution in [0.3, 0.4) is 0 Å². The van der Waals surface area contributed by atoms with Crippen molar-refractivity contribution in [1.82, 2.24) is 20.0 Å². The number of nitrogens with two attached hydrogens (primary N) is 1. The number of likely N-dealkylation sites (tertiary alicyclic amines) is 1. The zero-order valence-electron chi connectivity index (χ0n) is 20.2. The van der Waals surface area contributed by atoms with Crippen molar-refractivity contribution in [1.29, 1.82) is 0 Å². The van der Waals surface area contributed by atoms with Crippen LogP contribution in [0.1, 0.15) is 19.3 Å². The lowest BCUT2D eigenvalue weighted by molar-refractivity contribution is 0.114. The van der Waals surface area contributed by atoms with E-state index in [-0.39, 0.29) is 0 Å². The molecule has 1 atom stereocenters. The van der Waals surface area contributed by atoms with Gasteiger partial charge in [0, 0.05) is 74.9 Å². The summed E-state index contributed by atoms with van der Waals surface area (Å²) in [5.41, 5.74) is 10.7. The summed E-state index contributed by atoms with van der Waals surface area (Å²) in [5.74, 6) is 0.598. The molecule has 1 aromatic heterocycles. The van der Waals surface area contributed by atoms with E-state index in [1.807, 2.05) is 0 Å². The Kier molecular flexibility index (Phi) is 7.18. The van der Waals surface area contributed by atoms with Gasteiger partial charge in [-0.3, -0.25) is 9.58 Å². The van der Waals surface area contributed by atoms with E-state index in [9.17, 15) is 0 Å². The number of anilines is 4. The lowest BCUT2D eigenvalue weighted by atomic mass is 10.2. The number of hydrogen-bond donors (Lipinski definition) is 3. The van der Waals surface area contributed by atoms with Gasteiger partial charge in [0.1, 0.15) is 0 Å². The first kappa shape index (κ1) is 23.0. The molecule has 34 heavy (non-hydrogen) atoms. The van der Waals surface area contributed by atoms with Crippen LogP contribution in [0.5, 0.6) is 0 Å². The van der Waals surface area contributed by atoms with Gasteiger partial charge in [-0.05, 0) is 68.3 Å². The van der Waals surface area contributed by atoms with E-state index in [1.165, 1.54) is 18.5 Å². The standard InChI is InChI=1S/C26H37N7O/c1-34-19-23-4-2-13-31(23)14-3-15-33-25-18-21(7-10-24(25)26(27)30-33)29-20-5-8-22(9-6-20)32-16-11-28-12-17-32/h5-10,18,23,28-29H,2-4,11-17,19H2,1H3,(H2,27,30). The molecule has 0 spiro atoms. The van der Waals surface area contributed by atoms with Crippen molar-refractivity contribution in [3.8, 4) is 0 Å². The molecule has 8 nitrogen and oxygen atoms in total. The van der Waals surface area contributed by atoms with Crippen molar-refractivity contribution in [2.75, 3.05) is 68.9 Å². The lowest BCUT2D eigenvalue weighted by Gasteiger charge is -2.29. The van der Waals surface area contributed by atoms with Crippen LogP contribution >= 0.6 is 0 Å². The number of fused-ring (bicyclic) bond motifs is 1. The molecule has 0 saturated carbocycles. The fourth-order valence-electron chi connectivity index (χ4n) is 5.29. The normalized spacial score (nSPS) is 19.2. The van der Waals surface area contributed by atoms with Crippen molar-refractivity contribution in [2.45, 2.75) is 31.8 Å². The second-order valence-electron chi connectivity index (χ2n) is 9.39. The highest BCUT2D eigenvalue weighted by molar-refractivity contribution is 5.91. The average Bonchev–Trinajstić information content (AvgIpc) is 3.44. The maximum absolute atomic E-state index is 6.23. The maximum Gasteiger partial charge on any atom is 0.153 e. The monoisotopic (exact) mass is 463 g/mol. The summed E-state index contributed by atoms with van der Waals surface area (Å²) in [6.45, 7) is 8.10. The van der Waals surface area contributed by atoms with E-state index in [2.05, 4.69) is 72.7 Å². The van der Waals surface area contributed by atoms with Gasteiger partial charge in [-0.1, -0.05) is 0 Å². The highest BCUT2D eigenvalue weighted by atomic mass is 16.5. The summed E-state index contributed by atoms with van der Waals surface area (Å²) in [6.07, 6.45) is 3.54. The van der Waals surface area contributed by atoms with E-state index in [0.29, 0.717) is 11.9 Å². The predicted octanol–water partition coefficient (Wildman–Crippen LogP) is 3.27. The molecule has 1 unspecified atom stereocenters. The Morgan fingerprint density at radius 3 is 2.65 bits per heavy atom.